The Morgan fingerprint density at radius 1 is 0.400 bits per heavy atom. The van der Waals surface area contributed by atoms with Crippen LogP contribution in [0.2, 0.25) is 0 Å². The standard InChI is InChI=1S/C15H21BN6O12S6/c1-35(23,24)10-7(11(18-17-10)36(2,25)26)16(8-12(37(3,27)28)19-20-13(8)38(4,29)30)9-14(39(5,31)32)21-22-15(9)40(6,33)34/h1-6H3,(H,17,18)(H,19,20)(H,21,22). The molecule has 3 aromatic rings. The maximum atomic E-state index is 12.8. The van der Waals surface area contributed by atoms with E-state index in [0.29, 0.717) is 37.5 Å². The van der Waals surface area contributed by atoms with Crippen LogP contribution in [0, 0.1) is 0 Å². The van der Waals surface area contributed by atoms with Crippen LogP contribution in [0.3, 0.4) is 0 Å². The van der Waals surface area contributed by atoms with Crippen molar-refractivity contribution in [1.82, 2.24) is 30.6 Å². The fourth-order valence-corrected chi connectivity index (χ4v) is 9.01. The molecule has 0 saturated heterocycles. The number of H-pyrrole nitrogens is 3. The molecule has 0 radical (unpaired) electrons. The van der Waals surface area contributed by atoms with Crippen molar-refractivity contribution in [3.05, 3.63) is 0 Å². The van der Waals surface area contributed by atoms with Crippen molar-refractivity contribution in [2.24, 2.45) is 0 Å². The highest BCUT2D eigenvalue weighted by molar-refractivity contribution is 7.93. The summed E-state index contributed by atoms with van der Waals surface area (Å²) >= 11 is 0. The van der Waals surface area contributed by atoms with Crippen molar-refractivity contribution in [2.45, 2.75) is 30.2 Å². The summed E-state index contributed by atoms with van der Waals surface area (Å²) in [6.45, 7) is -2.39. The summed E-state index contributed by atoms with van der Waals surface area (Å²) in [7, 11) is -27.3. The zero-order chi connectivity index (χ0) is 31.0. The van der Waals surface area contributed by atoms with Gasteiger partial charge in [0, 0.05) is 53.9 Å². The monoisotopic (exact) mass is 680 g/mol. The average molecular weight is 681 g/mol. The zero-order valence-electron chi connectivity index (χ0n) is 21.3. The van der Waals surface area contributed by atoms with Crippen LogP contribution in [0.25, 0.3) is 0 Å². The number of nitrogens with zero attached hydrogens (tertiary/aromatic N) is 3. The SMILES string of the molecule is CS(=O)(=O)c1n[nH]c(S(C)(=O)=O)c1B(c1c(S(C)(=O)=O)n[nH]c1S(C)(=O)=O)c1c(S(C)(=O)=O)n[nH]c1S(C)(=O)=O. The summed E-state index contributed by atoms with van der Waals surface area (Å²) in [5, 5.41) is 10.2. The zero-order valence-corrected chi connectivity index (χ0v) is 26.2. The molecule has 0 bridgehead atoms. The predicted octanol–water partition coefficient (Wildman–Crippen LogP) is -5.21. The van der Waals surface area contributed by atoms with E-state index in [9.17, 15) is 50.5 Å². The molecule has 222 valence electrons. The molecule has 18 nitrogen and oxygen atoms in total. The molecule has 0 saturated carbocycles. The Balaban J connectivity index is 2.90. The molecule has 40 heavy (non-hydrogen) atoms. The molecule has 0 aromatic carbocycles. The lowest BCUT2D eigenvalue weighted by atomic mass is 9.38. The first-order valence-electron chi connectivity index (χ1n) is 10.1. The number of hydrogen-bond donors (Lipinski definition) is 3. The van der Waals surface area contributed by atoms with Crippen molar-refractivity contribution in [1.29, 1.82) is 0 Å². The van der Waals surface area contributed by atoms with Gasteiger partial charge in [-0.2, -0.15) is 15.3 Å². The Morgan fingerprint density at radius 3 is 0.750 bits per heavy atom. The molecule has 3 aromatic heterocycles. The molecule has 3 N–H and O–H groups in total. The van der Waals surface area contributed by atoms with Gasteiger partial charge < -0.3 is 0 Å². The maximum Gasteiger partial charge on any atom is 0.264 e. The molecule has 0 atom stereocenters. The average Bonchev–Trinajstić information content (AvgIpc) is 3.42. The fraction of sp³-hybridized carbons (Fsp3) is 0.400. The Labute approximate surface area is 230 Å². The van der Waals surface area contributed by atoms with Gasteiger partial charge >= 0.3 is 0 Å². The van der Waals surface area contributed by atoms with Crippen molar-refractivity contribution >= 4 is 82.1 Å². The predicted molar refractivity (Wildman–Crippen MR) is 139 cm³/mol. The van der Waals surface area contributed by atoms with Gasteiger partial charge in [0.1, 0.15) is 15.1 Å². The quantitative estimate of drug-likeness (QED) is 0.178. The van der Waals surface area contributed by atoms with E-state index in [1.54, 1.807) is 0 Å². The van der Waals surface area contributed by atoms with Gasteiger partial charge in [-0.3, -0.25) is 15.3 Å². The molecular weight excluding hydrogens is 659 g/mol. The highest BCUT2D eigenvalue weighted by Crippen LogP contribution is 2.20. The highest BCUT2D eigenvalue weighted by atomic mass is 32.2. The third-order valence-electron chi connectivity index (χ3n) is 5.23. The molecule has 0 unspecified atom stereocenters. The van der Waals surface area contributed by atoms with E-state index in [1.165, 1.54) is 0 Å². The number of aromatic amines is 3. The van der Waals surface area contributed by atoms with E-state index >= 15 is 0 Å². The molecule has 0 aliphatic carbocycles. The third-order valence-corrected chi connectivity index (χ3v) is 11.4. The Hall–Kier alpha value is -2.61. The van der Waals surface area contributed by atoms with Crippen LogP contribution in [0.15, 0.2) is 30.2 Å². The first kappa shape index (κ1) is 31.9. The number of hydrogen-bond acceptors (Lipinski definition) is 15. The van der Waals surface area contributed by atoms with Crippen LogP contribution in [0.1, 0.15) is 0 Å². The topological polar surface area (TPSA) is 291 Å². The minimum Gasteiger partial charge on any atom is -0.266 e. The molecule has 0 spiro atoms. The van der Waals surface area contributed by atoms with Gasteiger partial charge in [-0.25, -0.2) is 50.5 Å². The molecule has 0 aliphatic rings. The molecule has 3 rings (SSSR count). The van der Waals surface area contributed by atoms with Crippen LogP contribution in [-0.2, 0) is 59.0 Å². The van der Waals surface area contributed by atoms with Crippen LogP contribution >= 0.6 is 0 Å². The first-order valence-corrected chi connectivity index (χ1v) is 21.5. The number of rotatable bonds is 9. The van der Waals surface area contributed by atoms with Crippen LogP contribution in [-0.4, -0.2) is 125 Å². The summed E-state index contributed by atoms with van der Waals surface area (Å²) in [4.78, 5) is 0. The van der Waals surface area contributed by atoms with Crippen LogP contribution in [0.4, 0.5) is 0 Å². The minimum absolute atomic E-state index is 0.574. The maximum absolute atomic E-state index is 12.8. The summed E-state index contributed by atoms with van der Waals surface area (Å²) in [5.41, 5.74) is -2.92. The third kappa shape index (κ3) is 5.88. The van der Waals surface area contributed by atoms with Crippen molar-refractivity contribution in [2.75, 3.05) is 37.5 Å². The Kier molecular flexibility index (Phi) is 7.55. The van der Waals surface area contributed by atoms with Gasteiger partial charge in [-0.15, -0.1) is 0 Å². The van der Waals surface area contributed by atoms with Crippen molar-refractivity contribution in [3.8, 4) is 0 Å². The van der Waals surface area contributed by atoms with E-state index < -0.39 is 112 Å². The summed E-state index contributed by atoms with van der Waals surface area (Å²) < 4.78 is 153. The lowest BCUT2D eigenvalue weighted by Gasteiger charge is -2.18. The van der Waals surface area contributed by atoms with Gasteiger partial charge in [0.05, 0.1) is 0 Å². The smallest absolute Gasteiger partial charge is 0.264 e. The van der Waals surface area contributed by atoms with E-state index in [4.69, 9.17) is 0 Å². The van der Waals surface area contributed by atoms with E-state index in [2.05, 4.69) is 15.3 Å². The largest absolute Gasteiger partial charge is 0.266 e. The molecule has 25 heteroatoms. The van der Waals surface area contributed by atoms with Crippen molar-refractivity contribution in [3.63, 3.8) is 0 Å². The van der Waals surface area contributed by atoms with Crippen LogP contribution < -0.4 is 16.4 Å². The first-order chi connectivity index (χ1) is 17.7. The molecule has 0 amide bonds. The van der Waals surface area contributed by atoms with E-state index in [1.807, 2.05) is 15.3 Å². The van der Waals surface area contributed by atoms with Gasteiger partial charge in [0.15, 0.2) is 74.1 Å². The Bertz CT molecular complexity index is 1810. The molecule has 0 aliphatic heterocycles. The summed E-state index contributed by atoms with van der Waals surface area (Å²) in [6.07, 6.45) is 3.48. The summed E-state index contributed by atoms with van der Waals surface area (Å²) in [5.74, 6) is 0. The lowest BCUT2D eigenvalue weighted by Crippen LogP contribution is -2.58. The summed E-state index contributed by atoms with van der Waals surface area (Å²) in [6, 6.07) is 0. The van der Waals surface area contributed by atoms with E-state index in [-0.39, 0.29) is 0 Å². The number of sulfone groups is 6. The Morgan fingerprint density at radius 2 is 0.600 bits per heavy atom. The second kappa shape index (κ2) is 9.47. The second-order valence-corrected chi connectivity index (χ2v) is 20.5. The molecule has 3 heterocycles. The number of aromatic nitrogens is 6. The minimum atomic E-state index is -4.56. The lowest BCUT2D eigenvalue weighted by molar-refractivity contribution is 0.595. The normalized spacial score (nSPS) is 13.9. The van der Waals surface area contributed by atoms with E-state index in [0.717, 1.165) is 0 Å². The van der Waals surface area contributed by atoms with Gasteiger partial charge in [-0.1, -0.05) is 0 Å². The van der Waals surface area contributed by atoms with Crippen LogP contribution in [0.5, 0.6) is 0 Å². The van der Waals surface area contributed by atoms with Gasteiger partial charge in [0.25, 0.3) is 6.71 Å². The van der Waals surface area contributed by atoms with Crippen molar-refractivity contribution < 1.29 is 50.5 Å². The second-order valence-electron chi connectivity index (χ2n) is 8.88. The fourth-order valence-electron chi connectivity index (χ4n) is 3.85. The molecular formula is C15H21BN6O12S6. The van der Waals surface area contributed by atoms with Gasteiger partial charge in [-0.05, 0) is 0 Å². The molecule has 0 fully saturated rings. The van der Waals surface area contributed by atoms with Gasteiger partial charge in [0.2, 0.25) is 0 Å². The highest BCUT2D eigenvalue weighted by Gasteiger charge is 2.47. The number of nitrogens with one attached hydrogen (secondary N) is 3.